The number of benzene rings is 2. The van der Waals surface area contributed by atoms with Crippen LogP contribution in [0.1, 0.15) is 21.3 Å². The molecule has 0 spiro atoms. The molecule has 0 bridgehead atoms. The van der Waals surface area contributed by atoms with E-state index in [0.717, 1.165) is 40.3 Å². The molecular formula is C23H35Br2NO5. The summed E-state index contributed by atoms with van der Waals surface area (Å²) in [6.07, 6.45) is -0.266. The molecular weight excluding hydrogens is 530 g/mol. The van der Waals surface area contributed by atoms with Gasteiger partial charge in [0.05, 0.1) is 6.61 Å². The molecule has 1 fully saturated rings. The highest BCUT2D eigenvalue weighted by molar-refractivity contribution is 9.10. The largest absolute Gasteiger partial charge is 0.491 e. The molecule has 3 rings (SSSR count). The molecule has 2 unspecified atom stereocenters. The summed E-state index contributed by atoms with van der Waals surface area (Å²) in [5.74, 6) is 1.63. The first-order valence-electron chi connectivity index (χ1n) is 9.82. The summed E-state index contributed by atoms with van der Waals surface area (Å²) in [6.45, 7) is 7.63. The molecule has 31 heavy (non-hydrogen) atoms. The number of ether oxygens (including phenoxy) is 4. The van der Waals surface area contributed by atoms with Crippen LogP contribution in [0.25, 0.3) is 0 Å². The van der Waals surface area contributed by atoms with E-state index in [1.807, 2.05) is 62.4 Å². The zero-order valence-corrected chi connectivity index (χ0v) is 20.6. The molecule has 176 valence electrons. The van der Waals surface area contributed by atoms with Gasteiger partial charge in [-0.15, -0.1) is 0 Å². The van der Waals surface area contributed by atoms with E-state index in [-0.39, 0.29) is 20.6 Å². The maximum absolute atomic E-state index is 9.11. The van der Waals surface area contributed by atoms with Crippen molar-refractivity contribution in [1.29, 1.82) is 0 Å². The van der Waals surface area contributed by atoms with Gasteiger partial charge in [-0.05, 0) is 62.4 Å². The fourth-order valence-corrected chi connectivity index (χ4v) is 2.41. The summed E-state index contributed by atoms with van der Waals surface area (Å²) in [5.41, 5.74) is 5.22. The second kappa shape index (κ2) is 18.4. The van der Waals surface area contributed by atoms with Crippen LogP contribution in [-0.2, 0) is 9.47 Å². The Kier molecular flexibility index (Phi) is 17.7. The highest BCUT2D eigenvalue weighted by Gasteiger charge is 2.22. The van der Waals surface area contributed by atoms with Crippen molar-refractivity contribution in [3.8, 4) is 11.5 Å². The van der Waals surface area contributed by atoms with Gasteiger partial charge in [0.25, 0.3) is 0 Å². The summed E-state index contributed by atoms with van der Waals surface area (Å²) < 4.78 is 22.6. The lowest BCUT2D eigenvalue weighted by molar-refractivity contribution is 0.114. The van der Waals surface area contributed by atoms with Crippen molar-refractivity contribution in [2.75, 3.05) is 39.6 Å². The van der Waals surface area contributed by atoms with Crippen LogP contribution in [0.4, 0.5) is 0 Å². The molecule has 2 aromatic carbocycles. The van der Waals surface area contributed by atoms with Gasteiger partial charge in [0, 0.05) is 28.7 Å². The predicted octanol–water partition coefficient (Wildman–Crippen LogP) is 5.05. The third kappa shape index (κ3) is 16.2. The number of nitrogens with two attached hydrogens (primary N) is 1. The Bertz CT molecular complexity index is 665. The monoisotopic (exact) mass is 563 g/mol. The first-order valence-corrected chi connectivity index (χ1v) is 11.4. The zero-order valence-electron chi connectivity index (χ0n) is 17.4. The molecule has 1 aliphatic rings. The number of epoxide rings is 1. The van der Waals surface area contributed by atoms with E-state index in [9.17, 15) is 0 Å². The molecule has 0 amide bonds. The minimum Gasteiger partial charge on any atom is -0.491 e. The Morgan fingerprint density at radius 1 is 0.968 bits per heavy atom. The van der Waals surface area contributed by atoms with Crippen molar-refractivity contribution in [3.63, 3.8) is 0 Å². The molecule has 0 aliphatic carbocycles. The third-order valence-corrected chi connectivity index (χ3v) is 4.65. The summed E-state index contributed by atoms with van der Waals surface area (Å²) >= 11 is 6.67. The quantitative estimate of drug-likeness (QED) is 0.414. The van der Waals surface area contributed by atoms with Gasteiger partial charge in [-0.25, -0.2) is 0 Å². The molecule has 1 heterocycles. The van der Waals surface area contributed by atoms with E-state index in [4.69, 9.17) is 29.8 Å². The fraction of sp³-hybridized carbons (Fsp3) is 0.478. The number of hydrogen-bond acceptors (Lipinski definition) is 6. The van der Waals surface area contributed by atoms with Crippen LogP contribution in [0.2, 0.25) is 0 Å². The lowest BCUT2D eigenvalue weighted by atomic mass is 10.3. The van der Waals surface area contributed by atoms with Crippen LogP contribution in [0.15, 0.2) is 57.5 Å². The van der Waals surface area contributed by atoms with Crippen molar-refractivity contribution < 1.29 is 24.1 Å². The van der Waals surface area contributed by atoms with Crippen LogP contribution in [-0.4, -0.2) is 56.9 Å². The van der Waals surface area contributed by atoms with Gasteiger partial charge >= 0.3 is 0 Å². The maximum atomic E-state index is 9.11. The van der Waals surface area contributed by atoms with Gasteiger partial charge in [0.1, 0.15) is 36.9 Å². The SMILES string of the molecule is Brc1ccc(OCC2CO2)cc1.C.CCOCC.NCC(O)COc1ccc(Br)cc1. The minimum atomic E-state index is -0.594. The second-order valence-corrected chi connectivity index (χ2v) is 7.99. The van der Waals surface area contributed by atoms with Crippen LogP contribution >= 0.6 is 31.9 Å². The number of hydrogen-bond donors (Lipinski definition) is 2. The second-order valence-electron chi connectivity index (χ2n) is 6.16. The van der Waals surface area contributed by atoms with Crippen molar-refractivity contribution in [2.45, 2.75) is 33.5 Å². The predicted molar refractivity (Wildman–Crippen MR) is 133 cm³/mol. The molecule has 0 saturated carbocycles. The molecule has 2 atom stereocenters. The van der Waals surface area contributed by atoms with Gasteiger partial charge in [0.2, 0.25) is 0 Å². The van der Waals surface area contributed by atoms with Gasteiger partial charge in [-0.3, -0.25) is 0 Å². The van der Waals surface area contributed by atoms with Crippen molar-refractivity contribution in [2.24, 2.45) is 5.73 Å². The maximum Gasteiger partial charge on any atom is 0.119 e. The van der Waals surface area contributed by atoms with Gasteiger partial charge in [-0.1, -0.05) is 39.3 Å². The molecule has 0 aromatic heterocycles. The standard InChI is InChI=1S/C9H12BrNO2.C9H9BrO2.C4H10O.CH4/c10-7-1-3-9(4-2-7)13-6-8(12)5-11;10-7-1-3-8(4-2-7)11-5-9-6-12-9;1-3-5-4-2;/h1-4,8,12H,5-6,11H2;1-4,9H,5-6H2;3-4H2,1-2H3;1H4. The summed E-state index contributed by atoms with van der Waals surface area (Å²) in [5, 5.41) is 9.11. The van der Waals surface area contributed by atoms with Gasteiger partial charge < -0.3 is 29.8 Å². The molecule has 6 nitrogen and oxygen atoms in total. The molecule has 3 N–H and O–H groups in total. The lowest BCUT2D eigenvalue weighted by Crippen LogP contribution is -2.26. The highest BCUT2D eigenvalue weighted by Crippen LogP contribution is 2.18. The van der Waals surface area contributed by atoms with Crippen molar-refractivity contribution >= 4 is 31.9 Å². The molecule has 0 radical (unpaired) electrons. The average molecular weight is 565 g/mol. The fourth-order valence-electron chi connectivity index (χ4n) is 1.88. The van der Waals surface area contributed by atoms with Crippen LogP contribution < -0.4 is 15.2 Å². The minimum absolute atomic E-state index is 0. The Labute approximate surface area is 203 Å². The average Bonchev–Trinajstić information content (AvgIpc) is 3.59. The Hall–Kier alpha value is -1.16. The van der Waals surface area contributed by atoms with Crippen LogP contribution in [0.3, 0.4) is 0 Å². The van der Waals surface area contributed by atoms with Crippen LogP contribution in [0.5, 0.6) is 11.5 Å². The Balaban J connectivity index is 0.000000468. The van der Waals surface area contributed by atoms with E-state index >= 15 is 0 Å². The zero-order chi connectivity index (χ0) is 22.2. The van der Waals surface area contributed by atoms with E-state index in [0.29, 0.717) is 12.7 Å². The summed E-state index contributed by atoms with van der Waals surface area (Å²) in [7, 11) is 0. The molecule has 2 aromatic rings. The van der Waals surface area contributed by atoms with Crippen molar-refractivity contribution in [1.82, 2.24) is 0 Å². The topological polar surface area (TPSA) is 86.5 Å². The first-order chi connectivity index (χ1) is 14.5. The number of halogens is 2. The Morgan fingerprint density at radius 2 is 1.42 bits per heavy atom. The number of rotatable bonds is 9. The summed E-state index contributed by atoms with van der Waals surface area (Å²) in [6, 6.07) is 15.2. The summed E-state index contributed by atoms with van der Waals surface area (Å²) in [4.78, 5) is 0. The van der Waals surface area contributed by atoms with E-state index in [2.05, 4.69) is 31.9 Å². The molecule has 1 saturated heterocycles. The lowest BCUT2D eigenvalue weighted by Gasteiger charge is -2.09. The van der Waals surface area contributed by atoms with Gasteiger partial charge in [0.15, 0.2) is 0 Å². The third-order valence-electron chi connectivity index (χ3n) is 3.59. The van der Waals surface area contributed by atoms with Gasteiger partial charge in [-0.2, -0.15) is 0 Å². The normalized spacial score (nSPS) is 14.6. The highest BCUT2D eigenvalue weighted by atomic mass is 79.9. The van der Waals surface area contributed by atoms with Crippen LogP contribution in [0, 0.1) is 0 Å². The Morgan fingerprint density at radius 3 is 1.77 bits per heavy atom. The smallest absolute Gasteiger partial charge is 0.119 e. The molecule has 8 heteroatoms. The number of aliphatic hydroxyl groups excluding tert-OH is 1. The van der Waals surface area contributed by atoms with E-state index in [1.54, 1.807) is 0 Å². The van der Waals surface area contributed by atoms with E-state index in [1.165, 1.54) is 0 Å². The molecule has 1 aliphatic heterocycles. The van der Waals surface area contributed by atoms with Crippen molar-refractivity contribution in [3.05, 3.63) is 57.5 Å². The van der Waals surface area contributed by atoms with E-state index < -0.39 is 6.10 Å². The number of aliphatic hydroxyl groups is 1. The first kappa shape index (κ1) is 29.8.